The van der Waals surface area contributed by atoms with Crippen molar-refractivity contribution in [2.45, 2.75) is 115 Å². The number of rotatable bonds is 16. The summed E-state index contributed by atoms with van der Waals surface area (Å²) in [6, 6.07) is 0. The summed E-state index contributed by atoms with van der Waals surface area (Å²) in [6.07, 6.45) is 22.4. The Kier molecular flexibility index (Phi) is 17.6. The molecule has 0 bridgehead atoms. The topological polar surface area (TPSA) is 26.0 Å². The molecule has 0 aromatic carbocycles. The fourth-order valence-corrected chi connectivity index (χ4v) is 2.91. The van der Waals surface area contributed by atoms with Gasteiger partial charge in [-0.25, -0.2) is 0 Å². The van der Waals surface area contributed by atoms with Gasteiger partial charge in [0.2, 0.25) is 0 Å². The summed E-state index contributed by atoms with van der Waals surface area (Å²) in [5.41, 5.74) is 5.61. The van der Waals surface area contributed by atoms with Crippen molar-refractivity contribution in [2.24, 2.45) is 5.73 Å². The van der Waals surface area contributed by atoms with Crippen molar-refractivity contribution in [3.05, 3.63) is 0 Å². The van der Waals surface area contributed by atoms with E-state index in [9.17, 15) is 0 Å². The third-order valence-electron chi connectivity index (χ3n) is 4.10. The van der Waals surface area contributed by atoms with Gasteiger partial charge in [0, 0.05) is 5.37 Å². The summed E-state index contributed by atoms with van der Waals surface area (Å²) in [7, 11) is 0. The van der Waals surface area contributed by atoms with Crippen LogP contribution in [0, 0.1) is 0 Å². The van der Waals surface area contributed by atoms with Gasteiger partial charge in [0.1, 0.15) is 0 Å². The van der Waals surface area contributed by atoms with Crippen molar-refractivity contribution in [3.8, 4) is 0 Å². The molecule has 0 aliphatic carbocycles. The van der Waals surface area contributed by atoms with Gasteiger partial charge >= 0.3 is 0 Å². The van der Waals surface area contributed by atoms with Crippen LogP contribution in [0.1, 0.15) is 110 Å². The van der Waals surface area contributed by atoms with Gasteiger partial charge in [-0.2, -0.15) is 12.6 Å². The Balaban J connectivity index is 2.92. The van der Waals surface area contributed by atoms with Crippen molar-refractivity contribution in [3.63, 3.8) is 0 Å². The van der Waals surface area contributed by atoms with Gasteiger partial charge in [-0.15, -0.1) is 0 Å². The van der Waals surface area contributed by atoms with Crippen molar-refractivity contribution in [2.75, 3.05) is 0 Å². The third kappa shape index (κ3) is 18.3. The molecule has 20 heavy (non-hydrogen) atoms. The lowest BCUT2D eigenvalue weighted by atomic mass is 10.0. The number of hydrogen-bond acceptors (Lipinski definition) is 2. The molecule has 2 heteroatoms. The molecule has 0 saturated heterocycles. The molecular formula is C18H39NS. The number of hydrogen-bond donors (Lipinski definition) is 2. The van der Waals surface area contributed by atoms with E-state index in [1.54, 1.807) is 0 Å². The van der Waals surface area contributed by atoms with Gasteiger partial charge in [0.25, 0.3) is 0 Å². The lowest BCUT2D eigenvalue weighted by molar-refractivity contribution is 0.529. The summed E-state index contributed by atoms with van der Waals surface area (Å²) in [6.45, 7) is 2.29. The third-order valence-corrected chi connectivity index (χ3v) is 4.36. The first-order chi connectivity index (χ1) is 9.77. The fraction of sp³-hybridized carbons (Fsp3) is 1.00. The van der Waals surface area contributed by atoms with E-state index in [0.29, 0.717) is 0 Å². The van der Waals surface area contributed by atoms with Gasteiger partial charge in [0.05, 0.1) is 0 Å². The second-order valence-corrected chi connectivity index (χ2v) is 6.97. The van der Waals surface area contributed by atoms with Crippen molar-refractivity contribution in [1.82, 2.24) is 0 Å². The highest BCUT2D eigenvalue weighted by Crippen LogP contribution is 2.14. The maximum absolute atomic E-state index is 5.61. The molecule has 0 aromatic heterocycles. The van der Waals surface area contributed by atoms with E-state index in [-0.39, 0.29) is 5.37 Å². The van der Waals surface area contributed by atoms with E-state index in [2.05, 4.69) is 19.6 Å². The van der Waals surface area contributed by atoms with E-state index < -0.39 is 0 Å². The number of unbranched alkanes of at least 4 members (excludes halogenated alkanes) is 14. The summed E-state index contributed by atoms with van der Waals surface area (Å²) in [4.78, 5) is 0. The molecule has 0 aromatic rings. The summed E-state index contributed by atoms with van der Waals surface area (Å²) in [5.74, 6) is 0. The normalized spacial score (nSPS) is 12.8. The lowest BCUT2D eigenvalue weighted by Crippen LogP contribution is -2.10. The maximum Gasteiger partial charge on any atom is 0.0477 e. The first-order valence-electron chi connectivity index (χ1n) is 9.21. The van der Waals surface area contributed by atoms with Crippen LogP contribution in [0.5, 0.6) is 0 Å². The molecule has 122 valence electrons. The van der Waals surface area contributed by atoms with Crippen LogP contribution in [0.2, 0.25) is 0 Å². The largest absolute Gasteiger partial charge is 0.320 e. The molecule has 0 saturated carbocycles. The summed E-state index contributed by atoms with van der Waals surface area (Å²) >= 11 is 4.20. The molecular weight excluding hydrogens is 262 g/mol. The molecule has 0 radical (unpaired) electrons. The molecule has 0 spiro atoms. The smallest absolute Gasteiger partial charge is 0.0477 e. The first kappa shape index (κ1) is 20.3. The van der Waals surface area contributed by atoms with Gasteiger partial charge < -0.3 is 5.73 Å². The molecule has 1 nitrogen and oxygen atoms in total. The molecule has 1 unspecified atom stereocenters. The highest BCUT2D eigenvalue weighted by atomic mass is 32.1. The molecule has 2 N–H and O–H groups in total. The summed E-state index contributed by atoms with van der Waals surface area (Å²) < 4.78 is 0. The minimum absolute atomic E-state index is 0.0944. The van der Waals surface area contributed by atoms with E-state index in [4.69, 9.17) is 5.73 Å². The van der Waals surface area contributed by atoms with Crippen LogP contribution in [0.4, 0.5) is 0 Å². The Bertz CT molecular complexity index is 171. The predicted molar refractivity (Wildman–Crippen MR) is 96.5 cm³/mol. The predicted octanol–water partition coefficient (Wildman–Crippen LogP) is 6.46. The zero-order valence-electron chi connectivity index (χ0n) is 13.9. The average Bonchev–Trinajstić information content (AvgIpc) is 2.43. The van der Waals surface area contributed by atoms with Crippen LogP contribution in [0.3, 0.4) is 0 Å². The summed E-state index contributed by atoms with van der Waals surface area (Å²) in [5, 5.41) is 0.0944. The lowest BCUT2D eigenvalue weighted by Gasteiger charge is -2.04. The standard InChI is InChI=1S/C18H39NS/c1-2-3-4-5-6-7-8-9-10-11-12-13-14-15-16-17-18(19)20/h18,20H,2-17,19H2,1H3. The molecule has 0 fully saturated rings. The maximum atomic E-state index is 5.61. The van der Waals surface area contributed by atoms with E-state index in [1.807, 2.05) is 0 Å². The van der Waals surface area contributed by atoms with Crippen molar-refractivity contribution >= 4 is 12.6 Å². The van der Waals surface area contributed by atoms with Gasteiger partial charge in [-0.05, 0) is 6.42 Å². The van der Waals surface area contributed by atoms with Crippen LogP contribution >= 0.6 is 12.6 Å². The zero-order chi connectivity index (χ0) is 14.9. The fourth-order valence-electron chi connectivity index (χ4n) is 2.72. The second-order valence-electron chi connectivity index (χ2n) is 6.31. The molecule has 0 aliphatic rings. The average molecular weight is 302 g/mol. The zero-order valence-corrected chi connectivity index (χ0v) is 14.8. The quantitative estimate of drug-likeness (QED) is 0.191. The van der Waals surface area contributed by atoms with E-state index in [1.165, 1.54) is 96.3 Å². The van der Waals surface area contributed by atoms with E-state index in [0.717, 1.165) is 6.42 Å². The SMILES string of the molecule is CCCCCCCCCCCCCCCCCC(N)S. The Hall–Kier alpha value is 0.310. The van der Waals surface area contributed by atoms with Crippen molar-refractivity contribution < 1.29 is 0 Å². The Morgan fingerprint density at radius 2 is 0.900 bits per heavy atom. The molecule has 0 rings (SSSR count). The highest BCUT2D eigenvalue weighted by molar-refractivity contribution is 7.80. The monoisotopic (exact) mass is 301 g/mol. The van der Waals surface area contributed by atoms with Crippen LogP contribution in [0.15, 0.2) is 0 Å². The second kappa shape index (κ2) is 17.4. The minimum Gasteiger partial charge on any atom is -0.320 e. The van der Waals surface area contributed by atoms with Crippen LogP contribution in [-0.4, -0.2) is 5.37 Å². The van der Waals surface area contributed by atoms with Crippen LogP contribution in [0.25, 0.3) is 0 Å². The highest BCUT2D eigenvalue weighted by Gasteiger charge is 1.96. The van der Waals surface area contributed by atoms with Gasteiger partial charge in [-0.3, -0.25) is 0 Å². The van der Waals surface area contributed by atoms with Gasteiger partial charge in [0.15, 0.2) is 0 Å². The van der Waals surface area contributed by atoms with Crippen molar-refractivity contribution in [1.29, 1.82) is 0 Å². The van der Waals surface area contributed by atoms with Crippen LogP contribution in [-0.2, 0) is 0 Å². The Labute approximate surface area is 133 Å². The Morgan fingerprint density at radius 3 is 1.20 bits per heavy atom. The minimum atomic E-state index is 0.0944. The molecule has 0 amide bonds. The van der Waals surface area contributed by atoms with Crippen LogP contribution < -0.4 is 5.73 Å². The molecule has 0 heterocycles. The number of thiol groups is 1. The van der Waals surface area contributed by atoms with E-state index >= 15 is 0 Å². The van der Waals surface area contributed by atoms with Gasteiger partial charge in [-0.1, -0.05) is 103 Å². The first-order valence-corrected chi connectivity index (χ1v) is 9.72. The molecule has 0 aliphatic heterocycles. The Morgan fingerprint density at radius 1 is 0.600 bits per heavy atom. The number of nitrogens with two attached hydrogens (primary N) is 1. The molecule has 1 atom stereocenters.